The number of carboxylic acid groups (broad SMARTS) is 2. The van der Waals surface area contributed by atoms with Crippen molar-refractivity contribution in [2.24, 2.45) is 10.8 Å². The molecular weight excluding hydrogens is 318 g/mol. The first-order valence-electron chi connectivity index (χ1n) is 9.68. The highest BCUT2D eigenvalue weighted by molar-refractivity contribution is 5.67. The van der Waals surface area contributed by atoms with Gasteiger partial charge in [-0.15, -0.1) is 0 Å². The topological polar surface area (TPSA) is 86.6 Å². The lowest BCUT2D eigenvalue weighted by Gasteiger charge is -2.22. The summed E-state index contributed by atoms with van der Waals surface area (Å²) in [6.45, 7) is 10.1. The second-order valence-electron chi connectivity index (χ2n) is 8.84. The van der Waals surface area contributed by atoms with E-state index in [0.717, 1.165) is 64.5 Å². The summed E-state index contributed by atoms with van der Waals surface area (Å²) in [5, 5.41) is 21.2. The van der Waals surface area contributed by atoms with Crippen LogP contribution in [0.25, 0.3) is 0 Å². The van der Waals surface area contributed by atoms with Gasteiger partial charge in [0.25, 0.3) is 0 Å². The van der Waals surface area contributed by atoms with Crippen LogP contribution in [-0.2, 0) is 9.59 Å². The van der Waals surface area contributed by atoms with Gasteiger partial charge in [-0.05, 0) is 49.6 Å². The van der Waals surface area contributed by atoms with Crippen molar-refractivity contribution in [2.75, 3.05) is 13.1 Å². The summed E-state index contributed by atoms with van der Waals surface area (Å²) >= 11 is 0. The standard InChI is InChI=1S/C20H39NO4/c1-19(2,15-17(22)23)11-7-5-9-13-21-14-10-6-8-12-20(3,4)16-18(24)25/h21H,5-16H2,1-4H3,(H,22,23)(H,24,25). The van der Waals surface area contributed by atoms with Crippen molar-refractivity contribution in [3.63, 3.8) is 0 Å². The third-order valence-corrected chi connectivity index (χ3v) is 4.67. The third-order valence-electron chi connectivity index (χ3n) is 4.67. The van der Waals surface area contributed by atoms with Crippen molar-refractivity contribution in [3.05, 3.63) is 0 Å². The van der Waals surface area contributed by atoms with Crippen molar-refractivity contribution in [1.82, 2.24) is 5.32 Å². The molecule has 0 saturated carbocycles. The number of hydrogen-bond acceptors (Lipinski definition) is 3. The Morgan fingerprint density at radius 3 is 1.36 bits per heavy atom. The minimum absolute atomic E-state index is 0.103. The van der Waals surface area contributed by atoms with E-state index < -0.39 is 11.9 Å². The lowest BCUT2D eigenvalue weighted by molar-refractivity contribution is -0.140. The average molecular weight is 358 g/mol. The molecule has 0 atom stereocenters. The van der Waals surface area contributed by atoms with Crippen LogP contribution in [0.1, 0.15) is 91.9 Å². The molecule has 0 radical (unpaired) electrons. The summed E-state index contributed by atoms with van der Waals surface area (Å²) in [4.78, 5) is 21.5. The summed E-state index contributed by atoms with van der Waals surface area (Å²) < 4.78 is 0. The Morgan fingerprint density at radius 1 is 0.680 bits per heavy atom. The lowest BCUT2D eigenvalue weighted by Crippen LogP contribution is -2.19. The molecule has 0 aromatic rings. The van der Waals surface area contributed by atoms with Gasteiger partial charge in [-0.1, -0.05) is 53.4 Å². The lowest BCUT2D eigenvalue weighted by atomic mass is 9.84. The first-order chi connectivity index (χ1) is 11.5. The molecular formula is C20H39NO4. The normalized spacial score (nSPS) is 12.3. The van der Waals surface area contributed by atoms with E-state index in [1.54, 1.807) is 0 Å². The molecule has 25 heavy (non-hydrogen) atoms. The summed E-state index contributed by atoms with van der Waals surface area (Å²) in [7, 11) is 0. The molecule has 0 spiro atoms. The van der Waals surface area contributed by atoms with Gasteiger partial charge < -0.3 is 15.5 Å². The van der Waals surface area contributed by atoms with Crippen LogP contribution in [0.5, 0.6) is 0 Å². The Labute approximate surface area is 153 Å². The minimum atomic E-state index is -0.710. The number of aliphatic carboxylic acids is 2. The fourth-order valence-electron chi connectivity index (χ4n) is 3.18. The zero-order valence-corrected chi connectivity index (χ0v) is 16.7. The number of carboxylic acids is 2. The molecule has 5 nitrogen and oxygen atoms in total. The monoisotopic (exact) mass is 357 g/mol. The number of unbranched alkanes of at least 4 members (excludes halogenated alkanes) is 4. The molecule has 0 aromatic heterocycles. The number of rotatable bonds is 16. The highest BCUT2D eigenvalue weighted by Gasteiger charge is 2.21. The van der Waals surface area contributed by atoms with Crippen molar-refractivity contribution >= 4 is 11.9 Å². The molecule has 0 aliphatic carbocycles. The summed E-state index contributed by atoms with van der Waals surface area (Å²) in [5.41, 5.74) is -0.207. The maximum atomic E-state index is 10.8. The Hall–Kier alpha value is -1.10. The van der Waals surface area contributed by atoms with Crippen molar-refractivity contribution in [3.8, 4) is 0 Å². The average Bonchev–Trinajstić information content (AvgIpc) is 2.41. The number of nitrogens with one attached hydrogen (secondary N) is 1. The maximum absolute atomic E-state index is 10.8. The van der Waals surface area contributed by atoms with Crippen LogP contribution in [0.3, 0.4) is 0 Å². The number of hydrogen-bond donors (Lipinski definition) is 3. The van der Waals surface area contributed by atoms with Crippen LogP contribution in [0.2, 0.25) is 0 Å². The fraction of sp³-hybridized carbons (Fsp3) is 0.900. The predicted octanol–water partition coefficient (Wildman–Crippen LogP) is 4.70. The summed E-state index contributed by atoms with van der Waals surface area (Å²) in [6, 6.07) is 0. The van der Waals surface area contributed by atoms with Crippen LogP contribution < -0.4 is 5.32 Å². The van der Waals surface area contributed by atoms with E-state index in [9.17, 15) is 9.59 Å². The first kappa shape index (κ1) is 23.9. The Bertz CT molecular complexity index is 355. The Balaban J connectivity index is 3.45. The van der Waals surface area contributed by atoms with E-state index in [4.69, 9.17) is 10.2 Å². The molecule has 0 bridgehead atoms. The highest BCUT2D eigenvalue weighted by atomic mass is 16.4. The van der Waals surface area contributed by atoms with Crippen LogP contribution in [0, 0.1) is 10.8 Å². The number of carbonyl (C=O) groups is 2. The molecule has 0 fully saturated rings. The predicted molar refractivity (Wildman–Crippen MR) is 102 cm³/mol. The van der Waals surface area contributed by atoms with Crippen LogP contribution >= 0.6 is 0 Å². The van der Waals surface area contributed by atoms with Crippen molar-refractivity contribution in [2.45, 2.75) is 91.9 Å². The van der Waals surface area contributed by atoms with Gasteiger partial charge in [-0.3, -0.25) is 9.59 Å². The quantitative estimate of drug-likeness (QED) is 0.349. The maximum Gasteiger partial charge on any atom is 0.303 e. The summed E-state index contributed by atoms with van der Waals surface area (Å²) in [6.07, 6.45) is 9.13. The van der Waals surface area contributed by atoms with Gasteiger partial charge in [0.05, 0.1) is 12.8 Å². The van der Waals surface area contributed by atoms with E-state index in [-0.39, 0.29) is 23.7 Å². The third kappa shape index (κ3) is 16.1. The molecule has 0 saturated heterocycles. The van der Waals surface area contributed by atoms with E-state index in [1.165, 1.54) is 0 Å². The minimum Gasteiger partial charge on any atom is -0.481 e. The Morgan fingerprint density at radius 2 is 1.04 bits per heavy atom. The Kier molecular flexibility index (Phi) is 11.7. The molecule has 0 aliphatic heterocycles. The van der Waals surface area contributed by atoms with Crippen molar-refractivity contribution in [1.29, 1.82) is 0 Å². The molecule has 0 aliphatic rings. The molecule has 148 valence electrons. The second-order valence-corrected chi connectivity index (χ2v) is 8.84. The van der Waals surface area contributed by atoms with Gasteiger partial charge in [0.1, 0.15) is 0 Å². The molecule has 3 N–H and O–H groups in total. The van der Waals surface area contributed by atoms with Gasteiger partial charge in [0.2, 0.25) is 0 Å². The van der Waals surface area contributed by atoms with E-state index in [0.29, 0.717) is 0 Å². The molecule has 5 heteroatoms. The first-order valence-corrected chi connectivity index (χ1v) is 9.68. The zero-order chi connectivity index (χ0) is 19.3. The van der Waals surface area contributed by atoms with Gasteiger partial charge in [0.15, 0.2) is 0 Å². The van der Waals surface area contributed by atoms with Crippen LogP contribution in [0.15, 0.2) is 0 Å². The van der Waals surface area contributed by atoms with Crippen LogP contribution in [0.4, 0.5) is 0 Å². The van der Waals surface area contributed by atoms with E-state index >= 15 is 0 Å². The van der Waals surface area contributed by atoms with Gasteiger partial charge >= 0.3 is 11.9 Å². The molecule has 0 aromatic carbocycles. The fourth-order valence-corrected chi connectivity index (χ4v) is 3.18. The van der Waals surface area contributed by atoms with E-state index in [2.05, 4.69) is 5.32 Å². The van der Waals surface area contributed by atoms with Gasteiger partial charge in [-0.2, -0.15) is 0 Å². The van der Waals surface area contributed by atoms with Crippen LogP contribution in [-0.4, -0.2) is 35.2 Å². The van der Waals surface area contributed by atoms with E-state index in [1.807, 2.05) is 27.7 Å². The smallest absolute Gasteiger partial charge is 0.303 e. The molecule has 0 heterocycles. The van der Waals surface area contributed by atoms with Crippen molar-refractivity contribution < 1.29 is 19.8 Å². The SMILES string of the molecule is CC(C)(CCCCCNCCCCCC(C)(C)CC(=O)O)CC(=O)O. The molecule has 0 rings (SSSR count). The zero-order valence-electron chi connectivity index (χ0n) is 16.7. The molecule has 0 amide bonds. The highest BCUT2D eigenvalue weighted by Crippen LogP contribution is 2.28. The van der Waals surface area contributed by atoms with Gasteiger partial charge in [-0.25, -0.2) is 0 Å². The summed E-state index contributed by atoms with van der Waals surface area (Å²) in [5.74, 6) is -1.42. The molecule has 0 unspecified atom stereocenters. The van der Waals surface area contributed by atoms with Gasteiger partial charge in [0, 0.05) is 0 Å². The largest absolute Gasteiger partial charge is 0.481 e. The second kappa shape index (κ2) is 12.3.